The van der Waals surface area contributed by atoms with Gasteiger partial charge in [0.25, 0.3) is 5.91 Å². The Morgan fingerprint density at radius 2 is 1.97 bits per heavy atom. The summed E-state index contributed by atoms with van der Waals surface area (Å²) in [5.41, 5.74) is 3.43. The molecule has 1 atom stereocenters. The van der Waals surface area contributed by atoms with Gasteiger partial charge in [-0.2, -0.15) is 16.4 Å². The van der Waals surface area contributed by atoms with Crippen molar-refractivity contribution in [2.24, 2.45) is 5.41 Å². The molecule has 0 unspecified atom stereocenters. The molecule has 1 aliphatic heterocycles. The SMILES string of the molecule is CNC(=O)[C@]1(Cc2ccc(-c3ccsc3)cc2)CCN(C(=O)c2cnn(C(C)C)c2)C1. The zero-order valence-corrected chi connectivity index (χ0v) is 19.0. The van der Waals surface area contributed by atoms with E-state index in [0.29, 0.717) is 31.5 Å². The lowest BCUT2D eigenvalue weighted by atomic mass is 9.79. The fourth-order valence-electron chi connectivity index (χ4n) is 4.27. The molecule has 1 N–H and O–H groups in total. The molecule has 4 rings (SSSR count). The summed E-state index contributed by atoms with van der Waals surface area (Å²) in [7, 11) is 1.67. The number of amides is 2. The molecular formula is C24H28N4O2S. The van der Waals surface area contributed by atoms with Crippen LogP contribution in [0.5, 0.6) is 0 Å². The molecule has 0 saturated carbocycles. The van der Waals surface area contributed by atoms with Crippen LogP contribution in [-0.4, -0.2) is 46.6 Å². The van der Waals surface area contributed by atoms with E-state index in [-0.39, 0.29) is 17.9 Å². The van der Waals surface area contributed by atoms with Crippen molar-refractivity contribution in [3.05, 3.63) is 64.6 Å². The number of rotatable bonds is 6. The number of benzene rings is 1. The van der Waals surface area contributed by atoms with Crippen molar-refractivity contribution < 1.29 is 9.59 Å². The highest BCUT2D eigenvalue weighted by Gasteiger charge is 2.45. The normalized spacial score (nSPS) is 18.5. The molecule has 0 spiro atoms. The highest BCUT2D eigenvalue weighted by atomic mass is 32.1. The van der Waals surface area contributed by atoms with Crippen LogP contribution < -0.4 is 5.32 Å². The average Bonchev–Trinajstić information content (AvgIpc) is 3.54. The van der Waals surface area contributed by atoms with Crippen LogP contribution >= 0.6 is 11.3 Å². The average molecular weight is 437 g/mol. The van der Waals surface area contributed by atoms with Crippen LogP contribution in [0.4, 0.5) is 0 Å². The second kappa shape index (κ2) is 8.67. The van der Waals surface area contributed by atoms with Crippen molar-refractivity contribution in [2.45, 2.75) is 32.7 Å². The van der Waals surface area contributed by atoms with Crippen LogP contribution in [0.1, 0.15) is 42.2 Å². The van der Waals surface area contributed by atoms with E-state index in [1.807, 2.05) is 13.8 Å². The molecule has 0 aliphatic carbocycles. The summed E-state index contributed by atoms with van der Waals surface area (Å²) in [4.78, 5) is 27.8. The van der Waals surface area contributed by atoms with E-state index in [4.69, 9.17) is 0 Å². The van der Waals surface area contributed by atoms with Crippen LogP contribution in [0.2, 0.25) is 0 Å². The number of thiophene rings is 1. The van der Waals surface area contributed by atoms with Crippen molar-refractivity contribution in [1.82, 2.24) is 20.0 Å². The molecule has 3 heterocycles. The molecule has 6 nitrogen and oxygen atoms in total. The van der Waals surface area contributed by atoms with Crippen LogP contribution in [0.25, 0.3) is 11.1 Å². The first-order valence-electron chi connectivity index (χ1n) is 10.6. The number of nitrogens with zero attached hydrogens (tertiary/aromatic N) is 3. The Labute approximate surface area is 186 Å². The molecule has 2 aromatic heterocycles. The molecule has 0 radical (unpaired) electrons. The Kier molecular flexibility index (Phi) is 5.96. The lowest BCUT2D eigenvalue weighted by molar-refractivity contribution is -0.129. The maximum absolute atomic E-state index is 13.1. The third-order valence-corrected chi connectivity index (χ3v) is 6.76. The summed E-state index contributed by atoms with van der Waals surface area (Å²) in [6.45, 7) is 5.02. The van der Waals surface area contributed by atoms with Gasteiger partial charge in [0.05, 0.1) is 17.2 Å². The first kappa shape index (κ1) is 21.3. The summed E-state index contributed by atoms with van der Waals surface area (Å²) in [5, 5.41) is 11.3. The number of hydrogen-bond donors (Lipinski definition) is 1. The van der Waals surface area contributed by atoms with Gasteiger partial charge in [-0.1, -0.05) is 24.3 Å². The van der Waals surface area contributed by atoms with Crippen molar-refractivity contribution >= 4 is 23.2 Å². The predicted octanol–water partition coefficient (Wildman–Crippen LogP) is 4.01. The fraction of sp³-hybridized carbons (Fsp3) is 0.375. The summed E-state index contributed by atoms with van der Waals surface area (Å²) in [6.07, 6.45) is 4.65. The highest BCUT2D eigenvalue weighted by Crippen LogP contribution is 2.36. The monoisotopic (exact) mass is 436 g/mol. The first-order chi connectivity index (χ1) is 14.9. The molecule has 7 heteroatoms. The van der Waals surface area contributed by atoms with E-state index in [0.717, 1.165) is 5.56 Å². The Hall–Kier alpha value is -2.93. The van der Waals surface area contributed by atoms with Gasteiger partial charge in [0.15, 0.2) is 0 Å². The van der Waals surface area contributed by atoms with Crippen molar-refractivity contribution in [3.63, 3.8) is 0 Å². The lowest BCUT2D eigenvalue weighted by Gasteiger charge is -2.27. The van der Waals surface area contributed by atoms with Gasteiger partial charge in [-0.15, -0.1) is 0 Å². The Morgan fingerprint density at radius 1 is 1.19 bits per heavy atom. The Bertz CT molecular complexity index is 1060. The summed E-state index contributed by atoms with van der Waals surface area (Å²) < 4.78 is 1.78. The molecule has 1 fully saturated rings. The van der Waals surface area contributed by atoms with Gasteiger partial charge in [-0.25, -0.2) is 0 Å². The standard InChI is InChI=1S/C24H28N4O2S/c1-17(2)28-14-21(13-26-28)22(29)27-10-9-24(16-27,23(30)25-3)12-18-4-6-19(7-5-18)20-8-11-31-15-20/h4-8,11,13-15,17H,9-10,12,16H2,1-3H3,(H,25,30)/t24-/m0/s1. The van der Waals surface area contributed by atoms with Crippen molar-refractivity contribution in [1.29, 1.82) is 0 Å². The molecule has 1 saturated heterocycles. The molecule has 1 aromatic carbocycles. The van der Waals surface area contributed by atoms with Crippen molar-refractivity contribution in [2.75, 3.05) is 20.1 Å². The number of hydrogen-bond acceptors (Lipinski definition) is 4. The second-order valence-corrected chi connectivity index (χ2v) is 9.30. The number of nitrogens with one attached hydrogen (secondary N) is 1. The zero-order valence-electron chi connectivity index (χ0n) is 18.2. The predicted molar refractivity (Wildman–Crippen MR) is 123 cm³/mol. The summed E-state index contributed by atoms with van der Waals surface area (Å²) in [5.74, 6) is -0.0759. The molecule has 31 heavy (non-hydrogen) atoms. The maximum Gasteiger partial charge on any atom is 0.257 e. The van der Waals surface area contributed by atoms with E-state index in [1.54, 1.807) is 40.4 Å². The smallest absolute Gasteiger partial charge is 0.257 e. The zero-order chi connectivity index (χ0) is 22.0. The van der Waals surface area contributed by atoms with Gasteiger partial charge in [0.2, 0.25) is 5.91 Å². The van der Waals surface area contributed by atoms with E-state index in [9.17, 15) is 9.59 Å². The van der Waals surface area contributed by atoms with E-state index >= 15 is 0 Å². The van der Waals surface area contributed by atoms with Crippen molar-refractivity contribution in [3.8, 4) is 11.1 Å². The Morgan fingerprint density at radius 3 is 2.58 bits per heavy atom. The topological polar surface area (TPSA) is 67.2 Å². The van der Waals surface area contributed by atoms with Gasteiger partial charge in [-0.05, 0) is 60.2 Å². The lowest BCUT2D eigenvalue weighted by Crippen LogP contribution is -2.44. The minimum atomic E-state index is -0.623. The van der Waals surface area contributed by atoms with E-state index in [2.05, 4.69) is 51.5 Å². The minimum Gasteiger partial charge on any atom is -0.359 e. The van der Waals surface area contributed by atoms with Crippen LogP contribution in [0.3, 0.4) is 0 Å². The molecule has 2 amide bonds. The van der Waals surface area contributed by atoms with Gasteiger partial charge in [0.1, 0.15) is 0 Å². The molecule has 162 valence electrons. The number of carbonyl (C=O) groups excluding carboxylic acids is 2. The quantitative estimate of drug-likeness (QED) is 0.635. The van der Waals surface area contributed by atoms with Gasteiger partial charge in [-0.3, -0.25) is 14.3 Å². The number of likely N-dealkylation sites (tertiary alicyclic amines) is 1. The summed E-state index contributed by atoms with van der Waals surface area (Å²) >= 11 is 1.68. The number of carbonyl (C=O) groups is 2. The second-order valence-electron chi connectivity index (χ2n) is 8.52. The van der Waals surface area contributed by atoms with Gasteiger partial charge in [0, 0.05) is 32.4 Å². The van der Waals surface area contributed by atoms with E-state index < -0.39 is 5.41 Å². The fourth-order valence-corrected chi connectivity index (χ4v) is 4.93. The van der Waals surface area contributed by atoms with Gasteiger partial charge < -0.3 is 10.2 Å². The van der Waals surface area contributed by atoms with Gasteiger partial charge >= 0.3 is 0 Å². The molecule has 1 aliphatic rings. The van der Waals surface area contributed by atoms with E-state index in [1.165, 1.54) is 11.1 Å². The third kappa shape index (κ3) is 4.28. The first-order valence-corrected chi connectivity index (χ1v) is 11.5. The third-order valence-electron chi connectivity index (χ3n) is 6.08. The molecule has 3 aromatic rings. The maximum atomic E-state index is 13.1. The van der Waals surface area contributed by atoms with Crippen LogP contribution in [0.15, 0.2) is 53.5 Å². The summed E-state index contributed by atoms with van der Waals surface area (Å²) in [6, 6.07) is 10.7. The largest absolute Gasteiger partial charge is 0.359 e. The number of aromatic nitrogens is 2. The van der Waals surface area contributed by atoms with Crippen LogP contribution in [0, 0.1) is 5.41 Å². The Balaban J connectivity index is 1.52. The molecular weight excluding hydrogens is 408 g/mol. The minimum absolute atomic E-state index is 0.0115. The molecule has 0 bridgehead atoms. The van der Waals surface area contributed by atoms with Crippen LogP contribution in [-0.2, 0) is 11.2 Å². The highest BCUT2D eigenvalue weighted by molar-refractivity contribution is 7.08.